The fraction of sp³-hybridized carbons (Fsp3) is 0.500. The zero-order chi connectivity index (χ0) is 16.3. The van der Waals surface area contributed by atoms with Gasteiger partial charge in [-0.1, -0.05) is 23.7 Å². The molecule has 2 rings (SSSR count). The minimum atomic E-state index is -0.891. The van der Waals surface area contributed by atoms with E-state index in [1.54, 1.807) is 43.0 Å². The third kappa shape index (κ3) is 3.53. The highest BCUT2D eigenvalue weighted by atomic mass is 35.5. The van der Waals surface area contributed by atoms with E-state index in [0.717, 1.165) is 0 Å². The maximum atomic E-state index is 12.5. The number of hydrogen-bond donors (Lipinski definition) is 1. The second kappa shape index (κ2) is 6.57. The maximum Gasteiger partial charge on any atom is 0.311 e. The van der Waals surface area contributed by atoms with Crippen molar-refractivity contribution in [3.05, 3.63) is 29.3 Å². The van der Waals surface area contributed by atoms with Crippen LogP contribution in [0.4, 0.5) is 0 Å². The van der Waals surface area contributed by atoms with Crippen LogP contribution in [-0.4, -0.2) is 41.1 Å². The van der Waals surface area contributed by atoms with Crippen molar-refractivity contribution >= 4 is 23.5 Å². The molecular formula is C16H20ClNO4. The van der Waals surface area contributed by atoms with Gasteiger partial charge in [0.2, 0.25) is 0 Å². The van der Waals surface area contributed by atoms with Gasteiger partial charge in [-0.2, -0.15) is 0 Å². The van der Waals surface area contributed by atoms with Gasteiger partial charge in [0.05, 0.1) is 10.4 Å². The number of carbonyl (C=O) groups excluding carboxylic acids is 1. The Morgan fingerprint density at radius 3 is 2.73 bits per heavy atom. The second-order valence-corrected chi connectivity index (χ2v) is 6.33. The van der Waals surface area contributed by atoms with E-state index in [1.165, 1.54) is 0 Å². The molecule has 6 heteroatoms. The molecule has 0 spiro atoms. The zero-order valence-corrected chi connectivity index (χ0v) is 13.5. The molecule has 5 nitrogen and oxygen atoms in total. The first-order chi connectivity index (χ1) is 10.3. The van der Waals surface area contributed by atoms with Gasteiger partial charge in [-0.05, 0) is 38.8 Å². The van der Waals surface area contributed by atoms with Gasteiger partial charge in [-0.3, -0.25) is 9.59 Å². The molecule has 2 unspecified atom stereocenters. The first-order valence-electron chi connectivity index (χ1n) is 7.27. The third-order valence-electron chi connectivity index (χ3n) is 4.01. The Bertz CT molecular complexity index is 577. The Morgan fingerprint density at radius 2 is 2.09 bits per heavy atom. The highest BCUT2D eigenvalue weighted by Gasteiger charge is 2.40. The van der Waals surface area contributed by atoms with Crippen molar-refractivity contribution in [3.8, 4) is 5.75 Å². The van der Waals surface area contributed by atoms with Crippen LogP contribution in [0, 0.1) is 5.41 Å². The highest BCUT2D eigenvalue weighted by Crippen LogP contribution is 2.30. The fourth-order valence-corrected chi connectivity index (χ4v) is 2.82. The largest absolute Gasteiger partial charge is 0.481 e. The van der Waals surface area contributed by atoms with E-state index in [4.69, 9.17) is 16.3 Å². The number of rotatable bonds is 4. The lowest BCUT2D eigenvalue weighted by Gasteiger charge is -2.38. The Balaban J connectivity index is 2.04. The van der Waals surface area contributed by atoms with Crippen LogP contribution in [0.5, 0.6) is 5.75 Å². The monoisotopic (exact) mass is 325 g/mol. The summed E-state index contributed by atoms with van der Waals surface area (Å²) in [4.78, 5) is 25.4. The predicted molar refractivity (Wildman–Crippen MR) is 83.1 cm³/mol. The predicted octanol–water partition coefficient (Wildman–Crippen LogP) is 2.82. The summed E-state index contributed by atoms with van der Waals surface area (Å²) in [5.74, 6) is -0.639. The maximum absolute atomic E-state index is 12.5. The summed E-state index contributed by atoms with van der Waals surface area (Å²) in [5, 5.41) is 9.76. The Labute approximate surface area is 134 Å². The number of carbonyl (C=O) groups is 2. The lowest BCUT2D eigenvalue weighted by atomic mass is 9.82. The van der Waals surface area contributed by atoms with E-state index < -0.39 is 17.5 Å². The average molecular weight is 326 g/mol. The van der Waals surface area contributed by atoms with E-state index in [1.807, 2.05) is 0 Å². The molecule has 0 aliphatic carbocycles. The smallest absolute Gasteiger partial charge is 0.311 e. The van der Waals surface area contributed by atoms with E-state index in [-0.39, 0.29) is 12.5 Å². The molecule has 2 atom stereocenters. The van der Waals surface area contributed by atoms with Crippen LogP contribution in [-0.2, 0) is 9.59 Å². The Hall–Kier alpha value is -1.75. The number of halogens is 1. The number of piperidine rings is 1. The highest BCUT2D eigenvalue weighted by molar-refractivity contribution is 6.32. The van der Waals surface area contributed by atoms with Crippen LogP contribution in [0.1, 0.15) is 26.7 Å². The summed E-state index contributed by atoms with van der Waals surface area (Å²) >= 11 is 6.02. The van der Waals surface area contributed by atoms with Crippen LogP contribution < -0.4 is 4.74 Å². The minimum absolute atomic E-state index is 0.206. The normalized spacial score (nSPS) is 23.0. The lowest BCUT2D eigenvalue weighted by molar-refractivity contribution is -0.155. The van der Waals surface area contributed by atoms with Crippen molar-refractivity contribution in [3.63, 3.8) is 0 Å². The molecule has 0 aromatic heterocycles. The molecule has 1 aromatic carbocycles. The summed E-state index contributed by atoms with van der Waals surface area (Å²) in [6.45, 7) is 4.09. The molecule has 1 heterocycles. The molecule has 1 aliphatic heterocycles. The number of benzene rings is 1. The summed E-state index contributed by atoms with van der Waals surface area (Å²) in [5.41, 5.74) is -0.891. The number of carboxylic acid groups (broad SMARTS) is 1. The van der Waals surface area contributed by atoms with Crippen molar-refractivity contribution in [1.29, 1.82) is 0 Å². The number of para-hydroxylation sites is 1. The number of amides is 1. The molecule has 1 saturated heterocycles. The molecule has 1 fully saturated rings. The summed E-state index contributed by atoms with van der Waals surface area (Å²) < 4.78 is 5.62. The third-order valence-corrected chi connectivity index (χ3v) is 4.32. The number of aliphatic carboxylic acids is 1. The van der Waals surface area contributed by atoms with E-state index in [9.17, 15) is 14.7 Å². The SMILES string of the molecule is CC(Oc1ccccc1Cl)C(=O)N1CCCC(C)(C(=O)O)C1. The molecule has 22 heavy (non-hydrogen) atoms. The summed E-state index contributed by atoms with van der Waals surface area (Å²) in [6, 6.07) is 6.95. The average Bonchev–Trinajstić information content (AvgIpc) is 2.48. The summed E-state index contributed by atoms with van der Waals surface area (Å²) in [6.07, 6.45) is 0.537. The number of nitrogens with zero attached hydrogens (tertiary/aromatic N) is 1. The number of ether oxygens (including phenoxy) is 1. The van der Waals surface area contributed by atoms with Gasteiger partial charge in [0.1, 0.15) is 5.75 Å². The van der Waals surface area contributed by atoms with Gasteiger partial charge in [-0.15, -0.1) is 0 Å². The quantitative estimate of drug-likeness (QED) is 0.924. The van der Waals surface area contributed by atoms with Crippen molar-refractivity contribution < 1.29 is 19.4 Å². The van der Waals surface area contributed by atoms with Crippen LogP contribution >= 0.6 is 11.6 Å². The number of carboxylic acids is 1. The Morgan fingerprint density at radius 1 is 1.41 bits per heavy atom. The van der Waals surface area contributed by atoms with Gasteiger partial charge < -0.3 is 14.7 Å². The molecule has 1 amide bonds. The van der Waals surface area contributed by atoms with Gasteiger partial charge in [0.15, 0.2) is 6.10 Å². The minimum Gasteiger partial charge on any atom is -0.481 e. The van der Waals surface area contributed by atoms with Crippen molar-refractivity contribution in [2.75, 3.05) is 13.1 Å². The molecule has 0 radical (unpaired) electrons. The second-order valence-electron chi connectivity index (χ2n) is 5.92. The van der Waals surface area contributed by atoms with Gasteiger partial charge >= 0.3 is 5.97 Å². The molecular weight excluding hydrogens is 306 g/mol. The van der Waals surface area contributed by atoms with Crippen LogP contribution in [0.15, 0.2) is 24.3 Å². The van der Waals surface area contributed by atoms with Crippen LogP contribution in [0.2, 0.25) is 5.02 Å². The summed E-state index contributed by atoms with van der Waals surface area (Å²) in [7, 11) is 0. The standard InChI is InChI=1S/C16H20ClNO4/c1-11(22-13-7-4-3-6-12(13)17)14(19)18-9-5-8-16(2,10-18)15(20)21/h3-4,6-7,11H,5,8-10H2,1-2H3,(H,20,21). The van der Waals surface area contributed by atoms with Gasteiger partial charge in [-0.25, -0.2) is 0 Å². The van der Waals surface area contributed by atoms with Gasteiger partial charge in [0, 0.05) is 13.1 Å². The topological polar surface area (TPSA) is 66.8 Å². The van der Waals surface area contributed by atoms with E-state index in [0.29, 0.717) is 30.2 Å². The number of likely N-dealkylation sites (tertiary alicyclic amines) is 1. The fourth-order valence-electron chi connectivity index (χ4n) is 2.64. The van der Waals surface area contributed by atoms with E-state index in [2.05, 4.69) is 0 Å². The molecule has 0 bridgehead atoms. The lowest BCUT2D eigenvalue weighted by Crippen LogP contribution is -2.51. The number of hydrogen-bond acceptors (Lipinski definition) is 3. The first-order valence-corrected chi connectivity index (χ1v) is 7.65. The molecule has 0 saturated carbocycles. The molecule has 120 valence electrons. The Kier molecular flexibility index (Phi) is 4.96. The van der Waals surface area contributed by atoms with Crippen molar-refractivity contribution in [1.82, 2.24) is 4.90 Å². The molecule has 1 aromatic rings. The van der Waals surface area contributed by atoms with E-state index >= 15 is 0 Å². The van der Waals surface area contributed by atoms with Crippen molar-refractivity contribution in [2.24, 2.45) is 5.41 Å². The van der Waals surface area contributed by atoms with Crippen LogP contribution in [0.25, 0.3) is 0 Å². The molecule has 1 N–H and O–H groups in total. The van der Waals surface area contributed by atoms with Crippen LogP contribution in [0.3, 0.4) is 0 Å². The zero-order valence-electron chi connectivity index (χ0n) is 12.7. The van der Waals surface area contributed by atoms with Crippen molar-refractivity contribution in [2.45, 2.75) is 32.8 Å². The first kappa shape index (κ1) is 16.6. The van der Waals surface area contributed by atoms with Gasteiger partial charge in [0.25, 0.3) is 5.91 Å². The molecule has 1 aliphatic rings.